The third kappa shape index (κ3) is 4.95. The van der Waals surface area contributed by atoms with Gasteiger partial charge in [0.25, 0.3) is 0 Å². The van der Waals surface area contributed by atoms with Crippen LogP contribution in [0.25, 0.3) is 109 Å². The highest BCUT2D eigenvalue weighted by molar-refractivity contribution is 6.24. The van der Waals surface area contributed by atoms with Gasteiger partial charge in [0, 0.05) is 11.1 Å². The Morgan fingerprint density at radius 1 is 0.327 bits per heavy atom. The quantitative estimate of drug-likeness (QED) is 0.128. The first kappa shape index (κ1) is 31.1. The molecule has 1 aromatic heterocycles. The van der Waals surface area contributed by atoms with Crippen molar-refractivity contribution in [2.45, 2.75) is 0 Å². The average Bonchev–Trinajstić information content (AvgIpc) is 3.59. The van der Waals surface area contributed by atoms with Gasteiger partial charge in [-0.3, -0.25) is 0 Å². The summed E-state index contributed by atoms with van der Waals surface area (Å²) in [5, 5.41) is 12.3. The van der Waals surface area contributed by atoms with Gasteiger partial charge in [-0.1, -0.05) is 140 Å². The molecule has 0 aliphatic heterocycles. The van der Waals surface area contributed by atoms with Crippen LogP contribution in [0, 0.1) is 6.57 Å². The molecular formula is C53H32N2. The predicted octanol–water partition coefficient (Wildman–Crippen LogP) is 14.9. The van der Waals surface area contributed by atoms with Crippen LogP contribution in [0.15, 0.2) is 194 Å². The van der Waals surface area contributed by atoms with Gasteiger partial charge in [0.1, 0.15) is 0 Å². The predicted molar refractivity (Wildman–Crippen MR) is 233 cm³/mol. The van der Waals surface area contributed by atoms with Crippen LogP contribution in [0.5, 0.6) is 0 Å². The van der Waals surface area contributed by atoms with Crippen LogP contribution in [-0.4, -0.2) is 4.57 Å². The highest BCUT2D eigenvalue weighted by atomic mass is 15.0. The second kappa shape index (κ2) is 12.3. The van der Waals surface area contributed by atoms with E-state index < -0.39 is 0 Å². The summed E-state index contributed by atoms with van der Waals surface area (Å²) in [4.78, 5) is 3.75. The highest BCUT2D eigenvalue weighted by Crippen LogP contribution is 2.43. The van der Waals surface area contributed by atoms with Crippen molar-refractivity contribution < 1.29 is 0 Å². The van der Waals surface area contributed by atoms with Crippen LogP contribution < -0.4 is 0 Å². The molecule has 55 heavy (non-hydrogen) atoms. The van der Waals surface area contributed by atoms with E-state index in [9.17, 15) is 0 Å². The van der Waals surface area contributed by atoms with Crippen molar-refractivity contribution in [3.63, 3.8) is 0 Å². The third-order valence-corrected chi connectivity index (χ3v) is 11.4. The molecule has 11 aromatic rings. The SMILES string of the molecule is [C-]#[N+]c1ccc2c(c1)c1cc(-c3ccc(-c4cc5c6ccccc6c(-c6ccc7ccccc7c6)cc5c5ccccc45)cc3)ccc1n2-c1ccccc1. The summed E-state index contributed by atoms with van der Waals surface area (Å²) in [5.74, 6) is 0. The molecule has 0 spiro atoms. The van der Waals surface area contributed by atoms with Gasteiger partial charge >= 0.3 is 0 Å². The zero-order valence-corrected chi connectivity index (χ0v) is 29.9. The maximum Gasteiger partial charge on any atom is 0.188 e. The molecule has 0 N–H and O–H groups in total. The van der Waals surface area contributed by atoms with E-state index in [1.807, 2.05) is 18.2 Å². The Balaban J connectivity index is 1.06. The normalized spacial score (nSPS) is 11.6. The first-order valence-corrected chi connectivity index (χ1v) is 18.7. The van der Waals surface area contributed by atoms with E-state index in [4.69, 9.17) is 6.57 Å². The van der Waals surface area contributed by atoms with Gasteiger partial charge in [-0.2, -0.15) is 0 Å². The average molecular weight is 697 g/mol. The molecule has 2 heteroatoms. The van der Waals surface area contributed by atoms with Gasteiger partial charge in [-0.15, -0.1) is 0 Å². The second-order valence-corrected chi connectivity index (χ2v) is 14.4. The monoisotopic (exact) mass is 696 g/mol. The van der Waals surface area contributed by atoms with Gasteiger partial charge in [0.05, 0.1) is 17.6 Å². The Morgan fingerprint density at radius 3 is 1.55 bits per heavy atom. The van der Waals surface area contributed by atoms with Crippen LogP contribution in [0.2, 0.25) is 0 Å². The number of fused-ring (bicyclic) bond motifs is 9. The maximum absolute atomic E-state index is 7.69. The topological polar surface area (TPSA) is 9.29 Å². The van der Waals surface area contributed by atoms with Gasteiger partial charge in [-0.25, -0.2) is 4.85 Å². The number of nitrogens with zero attached hydrogens (tertiary/aromatic N) is 2. The van der Waals surface area contributed by atoms with Gasteiger partial charge in [-0.05, 0) is 136 Å². The Hall–Kier alpha value is -7.47. The summed E-state index contributed by atoms with van der Waals surface area (Å²) in [6, 6.07) is 70.1. The number of hydrogen-bond acceptors (Lipinski definition) is 0. The number of rotatable bonds is 4. The van der Waals surface area contributed by atoms with E-state index in [0.717, 1.165) is 38.6 Å². The van der Waals surface area contributed by atoms with Crippen molar-refractivity contribution in [2.75, 3.05) is 0 Å². The minimum Gasteiger partial charge on any atom is -0.309 e. The standard InChI is InChI=1S/C53H32N2/c1-54-40-26-28-53-51(31-40)50-30-38(25-27-52(50)55(53)41-13-3-2-4-14-41)35-19-22-36(23-20-35)46-32-48-45-18-10-8-16-43(45)47(33-49(48)44-17-9-7-15-42(44)46)39-24-21-34-11-5-6-12-37(34)29-39/h2-33H. The molecule has 0 radical (unpaired) electrons. The molecular weight excluding hydrogens is 665 g/mol. The minimum absolute atomic E-state index is 0.648. The van der Waals surface area contributed by atoms with Crippen LogP contribution in [0.1, 0.15) is 0 Å². The lowest BCUT2D eigenvalue weighted by atomic mass is 9.87. The fourth-order valence-corrected chi connectivity index (χ4v) is 8.74. The molecule has 10 aromatic carbocycles. The van der Waals surface area contributed by atoms with E-state index in [1.165, 1.54) is 65.3 Å². The van der Waals surface area contributed by atoms with E-state index >= 15 is 0 Å². The van der Waals surface area contributed by atoms with Crippen molar-refractivity contribution in [1.29, 1.82) is 0 Å². The summed E-state index contributed by atoms with van der Waals surface area (Å²) in [6.45, 7) is 7.69. The summed E-state index contributed by atoms with van der Waals surface area (Å²) in [7, 11) is 0. The summed E-state index contributed by atoms with van der Waals surface area (Å²) in [5.41, 5.74) is 11.2. The number of benzene rings is 10. The van der Waals surface area contributed by atoms with Crippen LogP contribution >= 0.6 is 0 Å². The molecule has 0 saturated heterocycles. The molecule has 0 fully saturated rings. The van der Waals surface area contributed by atoms with E-state index in [2.05, 4.69) is 185 Å². The summed E-state index contributed by atoms with van der Waals surface area (Å²) < 4.78 is 2.30. The number of aromatic nitrogens is 1. The van der Waals surface area contributed by atoms with E-state index in [0.29, 0.717) is 5.69 Å². The van der Waals surface area contributed by atoms with Crippen molar-refractivity contribution in [2.24, 2.45) is 0 Å². The second-order valence-electron chi connectivity index (χ2n) is 14.4. The molecule has 0 unspecified atom stereocenters. The first-order valence-electron chi connectivity index (χ1n) is 18.7. The molecule has 0 amide bonds. The molecule has 0 saturated carbocycles. The largest absolute Gasteiger partial charge is 0.309 e. The zero-order chi connectivity index (χ0) is 36.5. The third-order valence-electron chi connectivity index (χ3n) is 11.4. The molecule has 254 valence electrons. The van der Waals surface area contributed by atoms with Crippen molar-refractivity contribution >= 4 is 70.6 Å². The van der Waals surface area contributed by atoms with Crippen LogP contribution in [0.3, 0.4) is 0 Å². The van der Waals surface area contributed by atoms with Crippen molar-refractivity contribution in [3.05, 3.63) is 206 Å². The molecule has 0 bridgehead atoms. The van der Waals surface area contributed by atoms with Gasteiger partial charge < -0.3 is 4.57 Å². The number of para-hydroxylation sites is 1. The van der Waals surface area contributed by atoms with Gasteiger partial charge in [0.2, 0.25) is 0 Å². The van der Waals surface area contributed by atoms with Crippen molar-refractivity contribution in [3.8, 4) is 39.1 Å². The lowest BCUT2D eigenvalue weighted by molar-refractivity contribution is 1.18. The van der Waals surface area contributed by atoms with Gasteiger partial charge in [0.15, 0.2) is 5.69 Å². The molecule has 0 aliphatic carbocycles. The van der Waals surface area contributed by atoms with E-state index in [1.54, 1.807) is 0 Å². The molecule has 2 nitrogen and oxygen atoms in total. The van der Waals surface area contributed by atoms with Crippen LogP contribution in [0.4, 0.5) is 5.69 Å². The Morgan fingerprint density at radius 2 is 0.855 bits per heavy atom. The lowest BCUT2D eigenvalue weighted by Gasteiger charge is -2.16. The number of hydrogen-bond donors (Lipinski definition) is 0. The first-order chi connectivity index (χ1) is 27.2. The molecule has 0 aliphatic rings. The summed E-state index contributed by atoms with van der Waals surface area (Å²) in [6.07, 6.45) is 0. The Kier molecular flexibility index (Phi) is 6.96. The Labute approximate surface area is 318 Å². The fourth-order valence-electron chi connectivity index (χ4n) is 8.74. The molecule has 11 rings (SSSR count). The highest BCUT2D eigenvalue weighted by Gasteiger charge is 2.17. The summed E-state index contributed by atoms with van der Waals surface area (Å²) >= 11 is 0. The maximum atomic E-state index is 7.69. The smallest absolute Gasteiger partial charge is 0.188 e. The molecule has 1 heterocycles. The Bertz CT molecular complexity index is 3360. The van der Waals surface area contributed by atoms with Crippen molar-refractivity contribution in [1.82, 2.24) is 4.57 Å². The lowest BCUT2D eigenvalue weighted by Crippen LogP contribution is -1.92. The minimum atomic E-state index is 0.648. The van der Waals surface area contributed by atoms with E-state index in [-0.39, 0.29) is 0 Å². The molecule has 0 atom stereocenters. The zero-order valence-electron chi connectivity index (χ0n) is 29.9. The van der Waals surface area contributed by atoms with Crippen LogP contribution in [-0.2, 0) is 0 Å². The fraction of sp³-hybridized carbons (Fsp3) is 0.